The number of hydrogen-bond acceptors (Lipinski definition) is 3. The molecule has 6 heteroatoms. The fraction of sp³-hybridized carbons (Fsp3) is 0.143. The highest BCUT2D eigenvalue weighted by molar-refractivity contribution is 9.10. The van der Waals surface area contributed by atoms with Crippen molar-refractivity contribution in [1.29, 1.82) is 0 Å². The fourth-order valence-corrected chi connectivity index (χ4v) is 4.70. The van der Waals surface area contributed by atoms with Gasteiger partial charge in [-0.1, -0.05) is 60.2 Å². The van der Waals surface area contributed by atoms with E-state index in [1.807, 2.05) is 61.5 Å². The van der Waals surface area contributed by atoms with Crippen molar-refractivity contribution in [2.24, 2.45) is 0 Å². The van der Waals surface area contributed by atoms with Crippen LogP contribution in [-0.2, 0) is 10.0 Å². The third kappa shape index (κ3) is 4.58. The molecule has 1 atom stereocenters. The van der Waals surface area contributed by atoms with Crippen LogP contribution >= 0.6 is 15.9 Å². The van der Waals surface area contributed by atoms with E-state index in [0.717, 1.165) is 16.7 Å². The second-order valence-corrected chi connectivity index (χ2v) is 8.74. The highest BCUT2D eigenvalue weighted by atomic mass is 79.9. The van der Waals surface area contributed by atoms with Crippen LogP contribution in [0.4, 0.5) is 0 Å². The molecule has 3 rings (SSSR count). The first kappa shape index (κ1) is 19.6. The van der Waals surface area contributed by atoms with Crippen LogP contribution in [0, 0.1) is 6.92 Å². The molecule has 1 N–H and O–H groups in total. The first-order chi connectivity index (χ1) is 12.9. The molecule has 0 aliphatic rings. The molecule has 0 aromatic heterocycles. The summed E-state index contributed by atoms with van der Waals surface area (Å²) in [5.74, 6) is 0.576. The van der Waals surface area contributed by atoms with Gasteiger partial charge in [-0.25, -0.2) is 8.42 Å². The maximum atomic E-state index is 13.0. The number of methoxy groups -OCH3 is 1. The van der Waals surface area contributed by atoms with Crippen molar-refractivity contribution < 1.29 is 13.2 Å². The van der Waals surface area contributed by atoms with Gasteiger partial charge in [-0.05, 0) is 52.2 Å². The average Bonchev–Trinajstić information content (AvgIpc) is 2.67. The van der Waals surface area contributed by atoms with E-state index in [1.54, 1.807) is 12.1 Å². The second-order valence-electron chi connectivity index (χ2n) is 6.17. The van der Waals surface area contributed by atoms with Gasteiger partial charge in [0.2, 0.25) is 10.0 Å². The van der Waals surface area contributed by atoms with Crippen LogP contribution < -0.4 is 9.46 Å². The van der Waals surface area contributed by atoms with Crippen LogP contribution in [0.3, 0.4) is 0 Å². The van der Waals surface area contributed by atoms with Gasteiger partial charge in [0.15, 0.2) is 0 Å². The summed E-state index contributed by atoms with van der Waals surface area (Å²) >= 11 is 3.35. The van der Waals surface area contributed by atoms with Gasteiger partial charge in [-0.2, -0.15) is 4.72 Å². The van der Waals surface area contributed by atoms with Crippen LogP contribution in [0.2, 0.25) is 0 Å². The number of hydrogen-bond donors (Lipinski definition) is 1. The average molecular weight is 446 g/mol. The third-order valence-electron chi connectivity index (χ3n) is 4.25. The minimum atomic E-state index is -3.75. The van der Waals surface area contributed by atoms with Crippen molar-refractivity contribution in [2.45, 2.75) is 17.9 Å². The standard InChI is InChI=1S/C21H20BrNO3S/c1-15-8-10-17(11-9-15)21(16-6-4-3-5-7-16)23-27(24,25)18-12-13-20(26-2)19(22)14-18/h3-14,21,23H,1-2H3/t21-/m1/s1. The van der Waals surface area contributed by atoms with E-state index in [9.17, 15) is 8.42 Å². The summed E-state index contributed by atoms with van der Waals surface area (Å²) in [4.78, 5) is 0.170. The molecule has 0 radical (unpaired) electrons. The highest BCUT2D eigenvalue weighted by Gasteiger charge is 2.23. The van der Waals surface area contributed by atoms with Crippen LogP contribution in [0.15, 0.2) is 82.2 Å². The topological polar surface area (TPSA) is 55.4 Å². The van der Waals surface area contributed by atoms with Crippen molar-refractivity contribution in [1.82, 2.24) is 4.72 Å². The molecule has 0 heterocycles. The molecule has 4 nitrogen and oxygen atoms in total. The molecule has 0 saturated carbocycles. The van der Waals surface area contributed by atoms with Crippen molar-refractivity contribution in [2.75, 3.05) is 7.11 Å². The number of ether oxygens (including phenoxy) is 1. The van der Waals surface area contributed by atoms with Crippen molar-refractivity contribution in [3.63, 3.8) is 0 Å². The Labute approximate surface area is 168 Å². The predicted molar refractivity (Wildman–Crippen MR) is 110 cm³/mol. The van der Waals surface area contributed by atoms with Gasteiger partial charge in [0, 0.05) is 0 Å². The molecule has 0 aliphatic heterocycles. The zero-order valence-corrected chi connectivity index (χ0v) is 17.4. The van der Waals surface area contributed by atoms with Crippen molar-refractivity contribution in [3.05, 3.63) is 94.0 Å². The Morgan fingerprint density at radius 3 is 2.15 bits per heavy atom. The smallest absolute Gasteiger partial charge is 0.241 e. The summed E-state index contributed by atoms with van der Waals surface area (Å²) in [6, 6.07) is 21.6. The Bertz CT molecular complexity index is 1020. The molecule has 3 aromatic rings. The molecule has 0 bridgehead atoms. The van der Waals surface area contributed by atoms with E-state index in [0.29, 0.717) is 10.2 Å². The summed E-state index contributed by atoms with van der Waals surface area (Å²) in [5, 5.41) is 0. The molecule has 0 amide bonds. The quantitative estimate of drug-likeness (QED) is 0.590. The number of rotatable bonds is 6. The van der Waals surface area contributed by atoms with Crippen molar-refractivity contribution in [3.8, 4) is 5.75 Å². The number of sulfonamides is 1. The number of aryl methyl sites for hydroxylation is 1. The molecule has 0 spiro atoms. The second kappa shape index (κ2) is 8.25. The molecule has 140 valence electrons. The largest absolute Gasteiger partial charge is 0.496 e. The van der Waals surface area contributed by atoms with Crippen molar-refractivity contribution >= 4 is 26.0 Å². The van der Waals surface area contributed by atoms with E-state index in [2.05, 4.69) is 20.7 Å². The van der Waals surface area contributed by atoms with Gasteiger partial charge in [0.1, 0.15) is 5.75 Å². The zero-order chi connectivity index (χ0) is 19.4. The summed E-state index contributed by atoms with van der Waals surface area (Å²) < 4.78 is 34.7. The minimum absolute atomic E-state index is 0.170. The van der Waals surface area contributed by atoms with Gasteiger partial charge < -0.3 is 4.74 Å². The van der Waals surface area contributed by atoms with E-state index < -0.39 is 16.1 Å². The van der Waals surface area contributed by atoms with E-state index in [1.165, 1.54) is 13.2 Å². The predicted octanol–water partition coefficient (Wildman–Crippen LogP) is 4.83. The lowest BCUT2D eigenvalue weighted by atomic mass is 9.99. The van der Waals surface area contributed by atoms with E-state index in [-0.39, 0.29) is 4.90 Å². The molecule has 0 fully saturated rings. The minimum Gasteiger partial charge on any atom is -0.496 e. The molecule has 0 aliphatic carbocycles. The summed E-state index contributed by atoms with van der Waals surface area (Å²) in [7, 11) is -2.21. The first-order valence-electron chi connectivity index (χ1n) is 8.38. The Hall–Kier alpha value is -2.15. The third-order valence-corrected chi connectivity index (χ3v) is 6.29. The van der Waals surface area contributed by atoms with E-state index >= 15 is 0 Å². The first-order valence-corrected chi connectivity index (χ1v) is 10.7. The van der Waals surface area contributed by atoms with E-state index in [4.69, 9.17) is 4.74 Å². The van der Waals surface area contributed by atoms with Crippen LogP contribution in [0.1, 0.15) is 22.7 Å². The monoisotopic (exact) mass is 445 g/mol. The molecule has 27 heavy (non-hydrogen) atoms. The van der Waals surface area contributed by atoms with Crippen LogP contribution in [0.25, 0.3) is 0 Å². The Balaban J connectivity index is 2.00. The summed E-state index contributed by atoms with van der Waals surface area (Å²) in [5.41, 5.74) is 2.87. The molecule has 3 aromatic carbocycles. The number of halogens is 1. The Morgan fingerprint density at radius 2 is 1.56 bits per heavy atom. The van der Waals surface area contributed by atoms with Gasteiger partial charge >= 0.3 is 0 Å². The van der Waals surface area contributed by atoms with Crippen LogP contribution in [-0.4, -0.2) is 15.5 Å². The lowest BCUT2D eigenvalue weighted by molar-refractivity contribution is 0.411. The Morgan fingerprint density at radius 1 is 0.926 bits per heavy atom. The Kier molecular flexibility index (Phi) is 5.99. The summed E-state index contributed by atoms with van der Waals surface area (Å²) in [6.07, 6.45) is 0. The maximum Gasteiger partial charge on any atom is 0.241 e. The van der Waals surface area contributed by atoms with Gasteiger partial charge in [0.25, 0.3) is 0 Å². The van der Waals surface area contributed by atoms with Crippen LogP contribution in [0.5, 0.6) is 5.75 Å². The molecular formula is C21H20BrNO3S. The normalized spacial score (nSPS) is 12.6. The maximum absolute atomic E-state index is 13.0. The zero-order valence-electron chi connectivity index (χ0n) is 15.0. The molecule has 0 saturated heterocycles. The summed E-state index contributed by atoms with van der Waals surface area (Å²) in [6.45, 7) is 2.00. The molecular weight excluding hydrogens is 426 g/mol. The lowest BCUT2D eigenvalue weighted by Gasteiger charge is -2.20. The lowest BCUT2D eigenvalue weighted by Crippen LogP contribution is -2.29. The highest BCUT2D eigenvalue weighted by Crippen LogP contribution is 2.29. The van der Waals surface area contributed by atoms with Gasteiger partial charge in [-0.15, -0.1) is 0 Å². The number of nitrogens with one attached hydrogen (secondary N) is 1. The molecule has 0 unspecified atom stereocenters. The fourth-order valence-electron chi connectivity index (χ4n) is 2.77. The van der Waals surface area contributed by atoms with Gasteiger partial charge in [0.05, 0.1) is 22.5 Å². The number of benzene rings is 3. The SMILES string of the molecule is COc1ccc(S(=O)(=O)N[C@H](c2ccccc2)c2ccc(C)cc2)cc1Br. The van der Waals surface area contributed by atoms with Gasteiger partial charge in [-0.3, -0.25) is 0 Å².